The molecule has 0 aromatic carbocycles. The number of rotatable bonds is 51. The summed E-state index contributed by atoms with van der Waals surface area (Å²) in [5, 5.41) is 54.8. The van der Waals surface area contributed by atoms with Crippen LogP contribution in [0.5, 0.6) is 0 Å². The fourth-order valence-electron chi connectivity index (χ4n) is 7.20. The van der Waals surface area contributed by atoms with Gasteiger partial charge < -0.3 is 45.7 Å². The average molecular weight is 1130 g/mol. The van der Waals surface area contributed by atoms with Gasteiger partial charge in [0.25, 0.3) is 0 Å². The van der Waals surface area contributed by atoms with Crippen molar-refractivity contribution in [2.45, 2.75) is 239 Å². The van der Waals surface area contributed by atoms with Crippen molar-refractivity contribution in [1.29, 1.82) is 0 Å². The highest BCUT2D eigenvalue weighted by Crippen LogP contribution is 2.13. The van der Waals surface area contributed by atoms with Crippen LogP contribution < -0.4 is 16.4 Å². The summed E-state index contributed by atoms with van der Waals surface area (Å²) in [5.74, 6) is -0.483. The second-order valence-electron chi connectivity index (χ2n) is 18.8. The number of amides is 1. The van der Waals surface area contributed by atoms with E-state index in [1.165, 1.54) is 141 Å². The number of carboxylic acid groups (broad SMARTS) is 3. The Morgan fingerprint density at radius 2 is 1.08 bits per heavy atom. The topological polar surface area (TPSA) is 355 Å². The predicted octanol–water partition coefficient (Wildman–Crippen LogP) is 11.5. The summed E-state index contributed by atoms with van der Waals surface area (Å²) in [4.78, 5) is 47.2. The summed E-state index contributed by atoms with van der Waals surface area (Å²) in [6.45, 7) is 12.4. The van der Waals surface area contributed by atoms with Crippen molar-refractivity contribution in [2.24, 2.45) is 16.0 Å². The van der Waals surface area contributed by atoms with Gasteiger partial charge in [0.1, 0.15) is 12.6 Å². The van der Waals surface area contributed by atoms with E-state index < -0.39 is 24.1 Å². The molecule has 0 fully saturated rings. The fraction of sp³-hybridized carbons (Fsp3) is 0.857. The number of aliphatic carboxylic acids is 3. The van der Waals surface area contributed by atoms with Gasteiger partial charge in [0.15, 0.2) is 0 Å². The third kappa shape index (κ3) is 79.5. The minimum Gasteiger partial charge on any atom is -0.481 e. The third-order valence-electron chi connectivity index (χ3n) is 11.5. The van der Waals surface area contributed by atoms with Crippen molar-refractivity contribution in [3.8, 4) is 12.3 Å². The standard InChI is InChI=1S/C20H36N4O4.C16H34N4O2.C12H24O2.C4H10N4O.C4H4O2/c1-2-3-4-5-6-7-8-9-10-11-19(25)21-12-14-28-15-13-24-17-18(22-23-24)16-20(26)27;1-2-3-4-5-6-7-8-9-10-11-16(21)18-12-14-22-15-13-19-20-17;1-2-3-4-5-6-7-8-9-10-11-12(13)14;5-1-3-9-4-2-7-8-6;1-2-3-4(5)6/h17H,2-16H2,1H3,(H,21,25)(H,26,27);16,18,21H,2-15H2,1H3;2-11H2,1H3,(H,13,14);1-5H2;1H,3H2,(H,5,6). The predicted molar refractivity (Wildman–Crippen MR) is 312 cm³/mol. The van der Waals surface area contributed by atoms with Crippen LogP contribution in [0, 0.1) is 12.3 Å². The maximum Gasteiger partial charge on any atom is 0.315 e. The van der Waals surface area contributed by atoms with E-state index >= 15 is 0 Å². The number of azide groups is 2. The molecule has 8 N–H and O–H groups in total. The summed E-state index contributed by atoms with van der Waals surface area (Å²) in [6.07, 6.45) is 41.2. The Morgan fingerprint density at radius 1 is 0.633 bits per heavy atom. The number of aromatic nitrogens is 3. The molecule has 458 valence electrons. The van der Waals surface area contributed by atoms with Crippen LogP contribution in [0.1, 0.15) is 226 Å². The molecule has 0 bridgehead atoms. The van der Waals surface area contributed by atoms with E-state index in [4.69, 9.17) is 46.3 Å². The smallest absolute Gasteiger partial charge is 0.315 e. The fourth-order valence-corrected chi connectivity index (χ4v) is 7.20. The number of carbonyl (C=O) groups excluding carboxylic acids is 1. The molecule has 0 aliphatic heterocycles. The van der Waals surface area contributed by atoms with Crippen molar-refractivity contribution >= 4 is 23.8 Å². The second-order valence-corrected chi connectivity index (χ2v) is 18.8. The number of terminal acetylenes is 1. The number of ether oxygens (including phenoxy) is 3. The van der Waals surface area contributed by atoms with Gasteiger partial charge in [0.05, 0.1) is 58.3 Å². The van der Waals surface area contributed by atoms with Gasteiger partial charge in [-0.1, -0.05) is 196 Å². The number of nitrogens with two attached hydrogens (primary N) is 1. The Hall–Kier alpha value is -5.04. The Labute approximate surface area is 474 Å². The third-order valence-corrected chi connectivity index (χ3v) is 11.5. The molecular formula is C56H108N12O11. The molecule has 1 amide bonds. The van der Waals surface area contributed by atoms with Crippen molar-refractivity contribution in [1.82, 2.24) is 25.6 Å². The molecule has 1 atom stereocenters. The van der Waals surface area contributed by atoms with E-state index in [-0.39, 0.29) is 18.7 Å². The maximum atomic E-state index is 11.8. The van der Waals surface area contributed by atoms with E-state index in [2.05, 4.69) is 68.2 Å². The molecule has 1 heterocycles. The van der Waals surface area contributed by atoms with Crippen LogP contribution in [-0.2, 0) is 46.4 Å². The first-order chi connectivity index (χ1) is 38.4. The molecule has 1 aromatic rings. The molecule has 1 unspecified atom stereocenters. The number of aliphatic hydroxyl groups excluding tert-OH is 1. The highest BCUT2D eigenvalue weighted by molar-refractivity contribution is 5.75. The summed E-state index contributed by atoms with van der Waals surface area (Å²) in [7, 11) is 0. The maximum absolute atomic E-state index is 11.8. The lowest BCUT2D eigenvalue weighted by atomic mass is 10.1. The molecule has 0 spiro atoms. The van der Waals surface area contributed by atoms with Gasteiger partial charge >= 0.3 is 17.9 Å². The van der Waals surface area contributed by atoms with Crippen LogP contribution in [0.4, 0.5) is 0 Å². The lowest BCUT2D eigenvalue weighted by Gasteiger charge is -2.12. The van der Waals surface area contributed by atoms with E-state index in [0.717, 1.165) is 38.5 Å². The molecule has 1 aromatic heterocycles. The molecule has 79 heavy (non-hydrogen) atoms. The normalized spacial score (nSPS) is 10.5. The average Bonchev–Trinajstić information content (AvgIpc) is 3.87. The van der Waals surface area contributed by atoms with Crippen molar-refractivity contribution in [3.63, 3.8) is 0 Å². The Bertz CT molecular complexity index is 1640. The van der Waals surface area contributed by atoms with Crippen LogP contribution in [0.15, 0.2) is 16.4 Å². The number of nitrogens with one attached hydrogen (secondary N) is 2. The molecule has 23 nitrogen and oxygen atoms in total. The van der Waals surface area contributed by atoms with E-state index in [9.17, 15) is 24.3 Å². The van der Waals surface area contributed by atoms with Crippen LogP contribution in [-0.4, -0.2) is 138 Å². The Kier molecular flexibility index (Phi) is 72.3. The molecule has 0 saturated heterocycles. The number of aliphatic hydroxyl groups is 1. The summed E-state index contributed by atoms with van der Waals surface area (Å²) in [6, 6.07) is 0. The monoisotopic (exact) mass is 1120 g/mol. The highest BCUT2D eigenvalue weighted by atomic mass is 16.5. The summed E-state index contributed by atoms with van der Waals surface area (Å²) < 4.78 is 17.2. The van der Waals surface area contributed by atoms with E-state index in [1.54, 1.807) is 10.9 Å². The zero-order valence-corrected chi connectivity index (χ0v) is 49.1. The van der Waals surface area contributed by atoms with Crippen LogP contribution in [0.2, 0.25) is 0 Å². The number of hydrogen-bond acceptors (Lipinski definition) is 14. The SMILES string of the molecule is C#CCC(=O)O.CCCCCCCCCCCC(=O)NCCOCCn1cc(CC(=O)O)nn1.CCCCCCCCCCCC(=O)O.CCCCCCCCCCCC(O)NCCOCCN=[N+]=[N-].[N-]=[N+]=NCCOCCN. The lowest BCUT2D eigenvalue weighted by Crippen LogP contribution is -2.31. The van der Waals surface area contributed by atoms with Gasteiger partial charge in [0, 0.05) is 61.6 Å². The Morgan fingerprint density at radius 3 is 1.51 bits per heavy atom. The second kappa shape index (κ2) is 71.0. The van der Waals surface area contributed by atoms with Gasteiger partial charge in [-0.3, -0.25) is 24.5 Å². The first-order valence-electron chi connectivity index (χ1n) is 29.5. The number of carbonyl (C=O) groups is 4. The molecular weight excluding hydrogens is 1020 g/mol. The number of unbranched alkanes of at least 4 members (excludes halogenated alkanes) is 24. The summed E-state index contributed by atoms with van der Waals surface area (Å²) in [5.41, 5.74) is 21.4. The molecule has 1 rings (SSSR count). The Balaban J connectivity index is -0.000000488. The largest absolute Gasteiger partial charge is 0.481 e. The molecule has 0 saturated carbocycles. The molecule has 0 radical (unpaired) electrons. The van der Waals surface area contributed by atoms with Crippen LogP contribution >= 0.6 is 0 Å². The number of nitrogens with zero attached hydrogens (tertiary/aromatic N) is 9. The molecule has 0 aliphatic rings. The van der Waals surface area contributed by atoms with Crippen LogP contribution in [0.25, 0.3) is 20.9 Å². The number of hydrogen-bond donors (Lipinski definition) is 7. The first-order valence-corrected chi connectivity index (χ1v) is 29.5. The molecule has 0 aliphatic carbocycles. The van der Waals surface area contributed by atoms with Crippen molar-refractivity contribution in [2.75, 3.05) is 72.4 Å². The zero-order chi connectivity index (χ0) is 59.3. The number of carboxylic acids is 3. The first kappa shape index (κ1) is 80.4. The minimum atomic E-state index is -0.947. The summed E-state index contributed by atoms with van der Waals surface area (Å²) >= 11 is 0. The van der Waals surface area contributed by atoms with Gasteiger partial charge in [-0.2, -0.15) is 0 Å². The molecule has 23 heteroatoms. The van der Waals surface area contributed by atoms with E-state index in [1.807, 2.05) is 5.92 Å². The quantitative estimate of drug-likeness (QED) is 0.00796. The van der Waals surface area contributed by atoms with Crippen molar-refractivity contribution in [3.05, 3.63) is 32.8 Å². The zero-order valence-electron chi connectivity index (χ0n) is 49.1. The van der Waals surface area contributed by atoms with Crippen molar-refractivity contribution < 1.29 is 53.8 Å². The van der Waals surface area contributed by atoms with Gasteiger partial charge in [-0.05, 0) is 36.7 Å². The van der Waals surface area contributed by atoms with Gasteiger partial charge in [0.2, 0.25) is 5.91 Å². The van der Waals surface area contributed by atoms with Gasteiger partial charge in [-0.25, -0.2) is 4.68 Å². The van der Waals surface area contributed by atoms with E-state index in [0.29, 0.717) is 97.4 Å². The highest BCUT2D eigenvalue weighted by Gasteiger charge is 2.06. The lowest BCUT2D eigenvalue weighted by molar-refractivity contribution is -0.137. The van der Waals surface area contributed by atoms with Gasteiger partial charge in [-0.15, -0.1) is 11.5 Å². The minimum absolute atomic E-state index is 0.0844. The van der Waals surface area contributed by atoms with Crippen LogP contribution in [0.3, 0.4) is 0 Å².